The Morgan fingerprint density at radius 2 is 2.09 bits per heavy atom. The highest BCUT2D eigenvalue weighted by Gasteiger charge is 2.24. The number of hydrogen-bond acceptors (Lipinski definition) is 6. The molecule has 1 atom stereocenters. The second-order valence-electron chi connectivity index (χ2n) is 7.61. The standard InChI is InChI=1S/C23H20FN7O/c1-3-30-22-14(11-28-30)6-20-16(9-25)12-29-31(20)19-5-4-17(24)8-18(19)13(2)32-21-7-15(22)10-27-23(21)26/h4-5,7-8,10-13H,3,6H2,1-2H3,(H2,26,27). The maximum Gasteiger partial charge on any atom is 0.166 e. The smallest absolute Gasteiger partial charge is 0.166 e. The summed E-state index contributed by atoms with van der Waals surface area (Å²) in [4.78, 5) is 4.33. The molecule has 3 aromatic heterocycles. The number of anilines is 1. The van der Waals surface area contributed by atoms with Crippen molar-refractivity contribution < 1.29 is 9.13 Å². The molecule has 1 aliphatic rings. The van der Waals surface area contributed by atoms with E-state index in [9.17, 15) is 9.65 Å². The fourth-order valence-corrected chi connectivity index (χ4v) is 4.13. The van der Waals surface area contributed by atoms with Gasteiger partial charge in [0.1, 0.15) is 18.0 Å². The van der Waals surface area contributed by atoms with Crippen molar-refractivity contribution in [3.63, 3.8) is 0 Å². The van der Waals surface area contributed by atoms with E-state index in [1.54, 1.807) is 23.1 Å². The summed E-state index contributed by atoms with van der Waals surface area (Å²) in [6.07, 6.45) is 4.84. The molecular formula is C23H20FN7O. The van der Waals surface area contributed by atoms with Crippen LogP contribution in [-0.2, 0) is 13.0 Å². The Hall–Kier alpha value is -4.19. The minimum Gasteiger partial charge on any atom is -0.482 e. The van der Waals surface area contributed by atoms with Crippen LogP contribution in [0.25, 0.3) is 16.9 Å². The largest absolute Gasteiger partial charge is 0.482 e. The summed E-state index contributed by atoms with van der Waals surface area (Å²) in [6, 6.07) is 8.47. The van der Waals surface area contributed by atoms with E-state index in [1.807, 2.05) is 24.6 Å². The lowest BCUT2D eigenvalue weighted by Gasteiger charge is -2.22. The van der Waals surface area contributed by atoms with Gasteiger partial charge in [0.15, 0.2) is 11.6 Å². The average molecular weight is 429 g/mol. The fourth-order valence-electron chi connectivity index (χ4n) is 4.13. The lowest BCUT2D eigenvalue weighted by Crippen LogP contribution is -2.14. The second-order valence-corrected chi connectivity index (χ2v) is 7.61. The zero-order chi connectivity index (χ0) is 22.4. The van der Waals surface area contributed by atoms with Crippen molar-refractivity contribution in [3.8, 4) is 28.8 Å². The number of fused-ring (bicyclic) bond motifs is 7. The number of hydrogen-bond donors (Lipinski definition) is 1. The van der Waals surface area contributed by atoms with Crippen LogP contribution in [0.2, 0.25) is 0 Å². The zero-order valence-electron chi connectivity index (χ0n) is 17.6. The van der Waals surface area contributed by atoms with Crippen LogP contribution in [0.3, 0.4) is 0 Å². The number of nitrogen functional groups attached to an aromatic ring is 1. The van der Waals surface area contributed by atoms with Crippen LogP contribution in [0.5, 0.6) is 5.75 Å². The number of nitrogens with two attached hydrogens (primary N) is 1. The van der Waals surface area contributed by atoms with Crippen LogP contribution in [-0.4, -0.2) is 24.5 Å². The highest BCUT2D eigenvalue weighted by molar-refractivity contribution is 5.68. The predicted octanol–water partition coefficient (Wildman–Crippen LogP) is 3.79. The molecule has 1 aliphatic heterocycles. The SMILES string of the molecule is CCn1ncc2c1-c1cnc(N)c(c1)OC(C)c1cc(F)ccc1-n1ncc(C#N)c1C2. The summed E-state index contributed by atoms with van der Waals surface area (Å²) in [5.41, 5.74) is 11.0. The molecule has 0 aliphatic carbocycles. The third-order valence-electron chi connectivity index (χ3n) is 5.68. The van der Waals surface area contributed by atoms with E-state index >= 15 is 0 Å². The van der Waals surface area contributed by atoms with Crippen molar-refractivity contribution in [2.45, 2.75) is 32.9 Å². The number of aromatic nitrogens is 5. The van der Waals surface area contributed by atoms with Gasteiger partial charge in [0, 0.05) is 35.9 Å². The van der Waals surface area contributed by atoms with Gasteiger partial charge >= 0.3 is 0 Å². The van der Waals surface area contributed by atoms with Gasteiger partial charge in [0.25, 0.3) is 0 Å². The first-order chi connectivity index (χ1) is 15.5. The van der Waals surface area contributed by atoms with E-state index in [1.165, 1.54) is 18.3 Å². The number of ether oxygens (including phenoxy) is 1. The molecule has 0 fully saturated rings. The lowest BCUT2D eigenvalue weighted by molar-refractivity contribution is 0.226. The van der Waals surface area contributed by atoms with Crippen LogP contribution < -0.4 is 10.5 Å². The lowest BCUT2D eigenvalue weighted by atomic mass is 10.0. The van der Waals surface area contributed by atoms with Gasteiger partial charge in [-0.15, -0.1) is 0 Å². The van der Waals surface area contributed by atoms with E-state index in [0.717, 1.165) is 16.8 Å². The van der Waals surface area contributed by atoms with Crippen LogP contribution in [0.4, 0.5) is 10.2 Å². The summed E-state index contributed by atoms with van der Waals surface area (Å²) in [5.74, 6) is 0.247. The van der Waals surface area contributed by atoms with Gasteiger partial charge in [-0.3, -0.25) is 4.68 Å². The maximum atomic E-state index is 14.2. The summed E-state index contributed by atoms with van der Waals surface area (Å²) in [5, 5.41) is 18.7. The van der Waals surface area contributed by atoms with Crippen LogP contribution in [0.1, 0.15) is 42.3 Å². The monoisotopic (exact) mass is 429 g/mol. The molecule has 8 nitrogen and oxygen atoms in total. The van der Waals surface area contributed by atoms with Crippen LogP contribution in [0.15, 0.2) is 42.9 Å². The average Bonchev–Trinajstić information content (AvgIpc) is 3.38. The van der Waals surface area contributed by atoms with Crippen molar-refractivity contribution in [1.29, 1.82) is 5.26 Å². The van der Waals surface area contributed by atoms with E-state index in [4.69, 9.17) is 10.5 Å². The van der Waals surface area contributed by atoms with E-state index in [0.29, 0.717) is 41.2 Å². The molecule has 32 heavy (non-hydrogen) atoms. The topological polar surface area (TPSA) is 108 Å². The molecule has 0 saturated heterocycles. The van der Waals surface area contributed by atoms with Crippen LogP contribution >= 0.6 is 0 Å². The summed E-state index contributed by atoms with van der Waals surface area (Å²) < 4.78 is 23.9. The molecule has 160 valence electrons. The summed E-state index contributed by atoms with van der Waals surface area (Å²) in [7, 11) is 0. The van der Waals surface area contributed by atoms with Gasteiger partial charge < -0.3 is 10.5 Å². The number of pyridine rings is 1. The van der Waals surface area contributed by atoms with Gasteiger partial charge in [0.05, 0.1) is 35.0 Å². The first-order valence-corrected chi connectivity index (χ1v) is 10.2. The van der Waals surface area contributed by atoms with Crippen molar-refractivity contribution >= 4 is 5.82 Å². The van der Waals surface area contributed by atoms with Crippen molar-refractivity contribution in [3.05, 3.63) is 71.1 Å². The molecule has 0 saturated carbocycles. The summed E-state index contributed by atoms with van der Waals surface area (Å²) >= 11 is 0. The van der Waals surface area contributed by atoms with Gasteiger partial charge in [-0.2, -0.15) is 15.5 Å². The molecule has 0 spiro atoms. The minimum absolute atomic E-state index is 0.242. The first kappa shape index (κ1) is 19.8. The van der Waals surface area contributed by atoms with Gasteiger partial charge in [-0.1, -0.05) is 0 Å². The Morgan fingerprint density at radius 3 is 2.88 bits per heavy atom. The molecule has 9 heteroatoms. The van der Waals surface area contributed by atoms with E-state index in [-0.39, 0.29) is 5.82 Å². The molecule has 0 amide bonds. The Morgan fingerprint density at radius 1 is 1.25 bits per heavy atom. The fraction of sp³-hybridized carbons (Fsp3) is 0.217. The van der Waals surface area contributed by atoms with E-state index in [2.05, 4.69) is 21.3 Å². The minimum atomic E-state index is -0.558. The Bertz CT molecular complexity index is 1380. The normalized spacial score (nSPS) is 14.8. The molecule has 2 N–H and O–H groups in total. The highest BCUT2D eigenvalue weighted by Crippen LogP contribution is 2.36. The molecule has 1 unspecified atom stereocenters. The van der Waals surface area contributed by atoms with Crippen molar-refractivity contribution in [2.24, 2.45) is 0 Å². The Balaban J connectivity index is 1.83. The number of rotatable bonds is 1. The Kier molecular flexibility index (Phi) is 4.63. The number of nitrogens with zero attached hydrogens (tertiary/aromatic N) is 6. The van der Waals surface area contributed by atoms with Gasteiger partial charge in [-0.05, 0) is 38.1 Å². The highest BCUT2D eigenvalue weighted by atomic mass is 19.1. The summed E-state index contributed by atoms with van der Waals surface area (Å²) in [6.45, 7) is 4.47. The molecule has 4 aromatic rings. The molecule has 1 aromatic carbocycles. The third kappa shape index (κ3) is 3.08. The number of benzene rings is 1. The van der Waals surface area contributed by atoms with Gasteiger partial charge in [-0.25, -0.2) is 14.1 Å². The first-order valence-electron chi connectivity index (χ1n) is 10.2. The predicted molar refractivity (Wildman–Crippen MR) is 116 cm³/mol. The van der Waals surface area contributed by atoms with E-state index < -0.39 is 11.9 Å². The number of nitriles is 1. The number of halogens is 1. The van der Waals surface area contributed by atoms with Gasteiger partial charge in [0.2, 0.25) is 0 Å². The zero-order valence-corrected chi connectivity index (χ0v) is 17.6. The molecule has 0 radical (unpaired) electrons. The molecule has 5 rings (SSSR count). The van der Waals surface area contributed by atoms with Crippen molar-refractivity contribution in [1.82, 2.24) is 24.5 Å². The maximum absolute atomic E-state index is 14.2. The molecule has 4 heterocycles. The Labute approximate surface area is 183 Å². The van der Waals surface area contributed by atoms with Crippen LogP contribution in [0, 0.1) is 17.1 Å². The number of aryl methyl sites for hydroxylation is 1. The molecular weight excluding hydrogens is 409 g/mol. The molecule has 2 bridgehead atoms. The second kappa shape index (κ2) is 7.50. The van der Waals surface area contributed by atoms with Crippen molar-refractivity contribution in [2.75, 3.05) is 5.73 Å². The third-order valence-corrected chi connectivity index (χ3v) is 5.68. The quantitative estimate of drug-likeness (QED) is 0.493.